The van der Waals surface area contributed by atoms with Crippen LogP contribution in [0.1, 0.15) is 21.5 Å². The van der Waals surface area contributed by atoms with Crippen LogP contribution >= 0.6 is 23.2 Å². The van der Waals surface area contributed by atoms with Crippen LogP contribution in [0.15, 0.2) is 77.7 Å². The topological polar surface area (TPSA) is 104 Å². The maximum absolute atomic E-state index is 13.7. The number of halogens is 2. The summed E-state index contributed by atoms with van der Waals surface area (Å²) in [5.41, 5.74) is 1.36. The fourth-order valence-corrected chi connectivity index (χ4v) is 6.00. The van der Waals surface area contributed by atoms with Gasteiger partial charge in [0.05, 0.1) is 15.6 Å². The fourth-order valence-electron chi connectivity index (χ4n) is 4.16. The van der Waals surface area contributed by atoms with Gasteiger partial charge in [-0.3, -0.25) is 14.4 Å². The number of sulfonamides is 1. The molecule has 1 N–H and O–H groups in total. The van der Waals surface area contributed by atoms with E-state index in [1.807, 2.05) is 30.3 Å². The van der Waals surface area contributed by atoms with E-state index < -0.39 is 40.3 Å². The van der Waals surface area contributed by atoms with Crippen LogP contribution in [0.4, 0.5) is 0 Å². The van der Waals surface area contributed by atoms with Crippen LogP contribution in [0.2, 0.25) is 10.0 Å². The van der Waals surface area contributed by atoms with Crippen molar-refractivity contribution in [2.45, 2.75) is 23.9 Å². The fraction of sp³-hybridized carbons (Fsp3) is 0.192. The van der Waals surface area contributed by atoms with Gasteiger partial charge in [0.2, 0.25) is 11.8 Å². The monoisotopic (exact) mass is 559 g/mol. The first-order chi connectivity index (χ1) is 17.6. The number of amides is 3. The predicted octanol–water partition coefficient (Wildman–Crippen LogP) is 3.52. The minimum atomic E-state index is -4.22. The standard InChI is InChI=1S/C26H23Cl2N3O5S/c1-29-25(33)22(14-17-7-3-2-4-8-17)30(15-18-11-12-20(27)21(28)13-18)24(32)16-31-26(34)19-9-5-6-10-23(19)37(31,35)36/h2-13,22H,14-16H2,1H3,(H,29,33). The van der Waals surface area contributed by atoms with Crippen LogP contribution in [-0.4, -0.2) is 55.0 Å². The van der Waals surface area contributed by atoms with Gasteiger partial charge >= 0.3 is 0 Å². The molecular formula is C26H23Cl2N3O5S. The lowest BCUT2D eigenvalue weighted by Gasteiger charge is -2.32. The Labute approximate surface area is 224 Å². The first-order valence-electron chi connectivity index (χ1n) is 11.3. The molecule has 3 amide bonds. The van der Waals surface area contributed by atoms with Crippen molar-refractivity contribution in [1.82, 2.24) is 14.5 Å². The Morgan fingerprint density at radius 3 is 2.27 bits per heavy atom. The lowest BCUT2D eigenvalue weighted by Crippen LogP contribution is -2.52. The average molecular weight is 560 g/mol. The lowest BCUT2D eigenvalue weighted by molar-refractivity contribution is -0.140. The van der Waals surface area contributed by atoms with E-state index >= 15 is 0 Å². The van der Waals surface area contributed by atoms with E-state index in [1.165, 1.54) is 30.1 Å². The second-order valence-corrected chi connectivity index (χ2v) is 11.0. The molecule has 1 heterocycles. The van der Waals surface area contributed by atoms with Gasteiger partial charge in [0.1, 0.15) is 17.5 Å². The average Bonchev–Trinajstić information content (AvgIpc) is 3.09. The van der Waals surface area contributed by atoms with Gasteiger partial charge in [-0.15, -0.1) is 0 Å². The minimum Gasteiger partial charge on any atom is -0.357 e. The Kier molecular flexibility index (Phi) is 7.87. The molecule has 0 fully saturated rings. The third-order valence-corrected chi connectivity index (χ3v) is 8.57. The van der Waals surface area contributed by atoms with E-state index in [1.54, 1.807) is 24.3 Å². The summed E-state index contributed by atoms with van der Waals surface area (Å²) in [5, 5.41) is 3.17. The maximum Gasteiger partial charge on any atom is 0.269 e. The van der Waals surface area contributed by atoms with E-state index in [-0.39, 0.29) is 28.4 Å². The Balaban J connectivity index is 1.71. The number of carbonyl (C=O) groups excluding carboxylic acids is 3. The molecule has 1 aliphatic heterocycles. The zero-order chi connectivity index (χ0) is 26.7. The third-order valence-electron chi connectivity index (χ3n) is 6.05. The SMILES string of the molecule is CNC(=O)C(Cc1ccccc1)N(Cc1ccc(Cl)c(Cl)c1)C(=O)CN1C(=O)c2ccccc2S1(=O)=O. The van der Waals surface area contributed by atoms with Crippen LogP contribution in [0.3, 0.4) is 0 Å². The zero-order valence-electron chi connectivity index (χ0n) is 19.7. The van der Waals surface area contributed by atoms with Gasteiger partial charge < -0.3 is 10.2 Å². The molecule has 11 heteroatoms. The van der Waals surface area contributed by atoms with Crippen LogP contribution in [0.5, 0.6) is 0 Å². The number of hydrogen-bond donors (Lipinski definition) is 1. The molecule has 8 nitrogen and oxygen atoms in total. The molecule has 1 atom stereocenters. The summed E-state index contributed by atoms with van der Waals surface area (Å²) >= 11 is 12.2. The normalized spacial score (nSPS) is 14.7. The molecule has 0 saturated carbocycles. The second kappa shape index (κ2) is 10.9. The molecule has 1 aliphatic rings. The van der Waals surface area contributed by atoms with Crippen LogP contribution < -0.4 is 5.32 Å². The van der Waals surface area contributed by atoms with Crippen LogP contribution in [-0.2, 0) is 32.6 Å². The van der Waals surface area contributed by atoms with E-state index in [9.17, 15) is 22.8 Å². The van der Waals surface area contributed by atoms with Gasteiger partial charge in [0.15, 0.2) is 0 Å². The summed E-state index contributed by atoms with van der Waals surface area (Å²) in [7, 11) is -2.77. The van der Waals surface area contributed by atoms with Crippen molar-refractivity contribution in [2.75, 3.05) is 13.6 Å². The highest BCUT2D eigenvalue weighted by molar-refractivity contribution is 7.90. The number of rotatable bonds is 8. The number of carbonyl (C=O) groups is 3. The third kappa shape index (κ3) is 5.49. The van der Waals surface area contributed by atoms with Crippen LogP contribution in [0.25, 0.3) is 0 Å². The molecule has 3 aromatic carbocycles. The number of fused-ring (bicyclic) bond motifs is 1. The van der Waals surface area contributed by atoms with Crippen molar-refractivity contribution < 1.29 is 22.8 Å². The molecule has 1 unspecified atom stereocenters. The highest BCUT2D eigenvalue weighted by Gasteiger charge is 2.43. The Morgan fingerprint density at radius 2 is 1.62 bits per heavy atom. The molecule has 37 heavy (non-hydrogen) atoms. The van der Waals surface area contributed by atoms with E-state index in [0.29, 0.717) is 14.9 Å². The highest BCUT2D eigenvalue weighted by Crippen LogP contribution is 2.30. The number of nitrogens with one attached hydrogen (secondary N) is 1. The smallest absolute Gasteiger partial charge is 0.269 e. The van der Waals surface area contributed by atoms with Gasteiger partial charge in [-0.2, -0.15) is 0 Å². The van der Waals surface area contributed by atoms with E-state index in [2.05, 4.69) is 5.32 Å². The number of benzene rings is 3. The van der Waals surface area contributed by atoms with Crippen LogP contribution in [0, 0.1) is 0 Å². The lowest BCUT2D eigenvalue weighted by atomic mass is 10.0. The molecular weight excluding hydrogens is 537 g/mol. The second-order valence-electron chi connectivity index (χ2n) is 8.40. The molecule has 192 valence electrons. The van der Waals surface area contributed by atoms with Crippen molar-refractivity contribution in [3.8, 4) is 0 Å². The molecule has 4 rings (SSSR count). The Hall–Kier alpha value is -3.40. The molecule has 0 bridgehead atoms. The summed E-state index contributed by atoms with van der Waals surface area (Å²) in [6.45, 7) is -0.838. The van der Waals surface area contributed by atoms with Gasteiger partial charge in [0, 0.05) is 20.0 Å². The van der Waals surface area contributed by atoms with Crippen molar-refractivity contribution >= 4 is 50.9 Å². The molecule has 0 saturated heterocycles. The van der Waals surface area contributed by atoms with E-state index in [0.717, 1.165) is 5.56 Å². The first kappa shape index (κ1) is 26.7. The maximum atomic E-state index is 13.7. The van der Waals surface area contributed by atoms with Gasteiger partial charge in [-0.25, -0.2) is 12.7 Å². The quantitative estimate of drug-likeness (QED) is 0.454. The van der Waals surface area contributed by atoms with Gasteiger partial charge in [-0.05, 0) is 35.4 Å². The number of likely N-dealkylation sites (N-methyl/N-ethyl adjacent to an activating group) is 1. The highest BCUT2D eigenvalue weighted by atomic mass is 35.5. The molecule has 3 aromatic rings. The predicted molar refractivity (Wildman–Crippen MR) is 140 cm³/mol. The van der Waals surface area contributed by atoms with Crippen molar-refractivity contribution in [2.24, 2.45) is 0 Å². The molecule has 0 radical (unpaired) electrons. The Morgan fingerprint density at radius 1 is 0.946 bits per heavy atom. The van der Waals surface area contributed by atoms with Crippen molar-refractivity contribution in [3.05, 3.63) is 99.5 Å². The summed E-state index contributed by atoms with van der Waals surface area (Å²) in [4.78, 5) is 40.8. The van der Waals surface area contributed by atoms with Crippen molar-refractivity contribution in [1.29, 1.82) is 0 Å². The number of nitrogens with zero attached hydrogens (tertiary/aromatic N) is 2. The minimum absolute atomic E-state index is 0.00142. The zero-order valence-corrected chi connectivity index (χ0v) is 22.1. The Bertz CT molecular complexity index is 1460. The van der Waals surface area contributed by atoms with Crippen molar-refractivity contribution in [3.63, 3.8) is 0 Å². The summed E-state index contributed by atoms with van der Waals surface area (Å²) in [5.74, 6) is -1.96. The molecule has 0 aliphatic carbocycles. The van der Waals surface area contributed by atoms with Gasteiger partial charge in [0.25, 0.3) is 15.9 Å². The molecule has 0 aromatic heterocycles. The van der Waals surface area contributed by atoms with Gasteiger partial charge in [-0.1, -0.05) is 71.7 Å². The summed E-state index contributed by atoms with van der Waals surface area (Å²) in [6.07, 6.45) is 0.161. The van der Waals surface area contributed by atoms with E-state index in [4.69, 9.17) is 23.2 Å². The largest absolute Gasteiger partial charge is 0.357 e. The summed E-state index contributed by atoms with van der Waals surface area (Å²) in [6, 6.07) is 18.7. The summed E-state index contributed by atoms with van der Waals surface area (Å²) < 4.78 is 26.7. The molecule has 0 spiro atoms. The number of hydrogen-bond acceptors (Lipinski definition) is 5. The first-order valence-corrected chi connectivity index (χ1v) is 13.5.